The molecule has 6 nitrogen and oxygen atoms in total. The molecule has 1 atom stereocenters. The quantitative estimate of drug-likeness (QED) is 0.886. The third kappa shape index (κ3) is 4.11. The molecule has 2 heterocycles. The molecule has 0 radical (unpaired) electrons. The highest BCUT2D eigenvalue weighted by Gasteiger charge is 2.23. The molecular formula is C15H18N4O2S. The third-order valence-electron chi connectivity index (χ3n) is 3.00. The molecule has 2 aromatic heterocycles. The standard InChI is InChI=1S/C15H18N4O2S/c1-9(2)13(17-10(3)20)14(21)19-15-18-12(8-22-15)11-5-4-6-16-7-11/h4-9,13H,1-3H3,(H,17,20)(H,18,19,21). The Hall–Kier alpha value is -2.28. The summed E-state index contributed by atoms with van der Waals surface area (Å²) in [6, 6.07) is 3.16. The van der Waals surface area contributed by atoms with Crippen LogP contribution in [0.15, 0.2) is 29.9 Å². The van der Waals surface area contributed by atoms with Crippen LogP contribution in [0.3, 0.4) is 0 Å². The number of amides is 2. The molecule has 0 bridgehead atoms. The predicted molar refractivity (Wildman–Crippen MR) is 86.4 cm³/mol. The minimum atomic E-state index is -0.580. The second-order valence-electron chi connectivity index (χ2n) is 5.19. The zero-order valence-electron chi connectivity index (χ0n) is 12.7. The molecule has 0 saturated carbocycles. The Morgan fingerprint density at radius 1 is 1.32 bits per heavy atom. The summed E-state index contributed by atoms with van der Waals surface area (Å²) in [5, 5.41) is 7.76. The van der Waals surface area contributed by atoms with E-state index in [0.29, 0.717) is 5.13 Å². The van der Waals surface area contributed by atoms with Crippen LogP contribution in [0.1, 0.15) is 20.8 Å². The van der Waals surface area contributed by atoms with Gasteiger partial charge in [0.2, 0.25) is 11.8 Å². The van der Waals surface area contributed by atoms with E-state index in [1.165, 1.54) is 18.3 Å². The summed E-state index contributed by atoms with van der Waals surface area (Å²) in [6.07, 6.45) is 3.41. The normalized spacial score (nSPS) is 12.0. The van der Waals surface area contributed by atoms with Gasteiger partial charge in [0, 0.05) is 30.3 Å². The van der Waals surface area contributed by atoms with Gasteiger partial charge in [0.05, 0.1) is 5.69 Å². The highest BCUT2D eigenvalue weighted by molar-refractivity contribution is 7.14. The molecule has 1 unspecified atom stereocenters. The van der Waals surface area contributed by atoms with Gasteiger partial charge in [0.25, 0.3) is 0 Å². The van der Waals surface area contributed by atoms with E-state index in [-0.39, 0.29) is 17.7 Å². The van der Waals surface area contributed by atoms with Gasteiger partial charge in [-0.25, -0.2) is 4.98 Å². The number of carbonyl (C=O) groups excluding carboxylic acids is 2. The summed E-state index contributed by atoms with van der Waals surface area (Å²) < 4.78 is 0. The maximum absolute atomic E-state index is 12.3. The molecule has 2 aromatic rings. The molecule has 116 valence electrons. The molecule has 0 spiro atoms. The van der Waals surface area contributed by atoms with Gasteiger partial charge in [-0.2, -0.15) is 0 Å². The van der Waals surface area contributed by atoms with Gasteiger partial charge >= 0.3 is 0 Å². The number of hydrogen-bond acceptors (Lipinski definition) is 5. The smallest absolute Gasteiger partial charge is 0.248 e. The van der Waals surface area contributed by atoms with Crippen LogP contribution in [0, 0.1) is 5.92 Å². The molecule has 22 heavy (non-hydrogen) atoms. The van der Waals surface area contributed by atoms with Crippen molar-refractivity contribution < 1.29 is 9.59 Å². The summed E-state index contributed by atoms with van der Waals surface area (Å²) in [5.41, 5.74) is 1.65. The molecule has 0 fully saturated rings. The number of hydrogen-bond donors (Lipinski definition) is 2. The molecule has 0 aromatic carbocycles. The SMILES string of the molecule is CC(=O)NC(C(=O)Nc1nc(-c2cccnc2)cs1)C(C)C. The fourth-order valence-corrected chi connectivity index (χ4v) is 2.64. The predicted octanol–water partition coefficient (Wildman–Crippen LogP) is 2.30. The van der Waals surface area contributed by atoms with Crippen LogP contribution in [0.25, 0.3) is 11.3 Å². The van der Waals surface area contributed by atoms with Crippen LogP contribution in [-0.4, -0.2) is 27.8 Å². The van der Waals surface area contributed by atoms with E-state index in [1.54, 1.807) is 12.4 Å². The number of aromatic nitrogens is 2. The van der Waals surface area contributed by atoms with Gasteiger partial charge in [-0.1, -0.05) is 13.8 Å². The first-order chi connectivity index (χ1) is 10.5. The summed E-state index contributed by atoms with van der Waals surface area (Å²) in [5.74, 6) is -0.511. The number of nitrogens with zero attached hydrogens (tertiary/aromatic N) is 2. The van der Waals surface area contributed by atoms with Crippen molar-refractivity contribution in [3.05, 3.63) is 29.9 Å². The van der Waals surface area contributed by atoms with Gasteiger partial charge < -0.3 is 10.6 Å². The average Bonchev–Trinajstić information content (AvgIpc) is 2.93. The van der Waals surface area contributed by atoms with E-state index in [4.69, 9.17) is 0 Å². The Morgan fingerprint density at radius 3 is 2.68 bits per heavy atom. The maximum atomic E-state index is 12.3. The molecule has 2 N–H and O–H groups in total. The molecular weight excluding hydrogens is 300 g/mol. The van der Waals surface area contributed by atoms with Gasteiger partial charge in [-0.15, -0.1) is 11.3 Å². The number of rotatable bonds is 5. The fourth-order valence-electron chi connectivity index (χ4n) is 1.92. The van der Waals surface area contributed by atoms with Gasteiger partial charge in [0.1, 0.15) is 6.04 Å². The van der Waals surface area contributed by atoms with Crippen LogP contribution in [-0.2, 0) is 9.59 Å². The fraction of sp³-hybridized carbons (Fsp3) is 0.333. The van der Waals surface area contributed by atoms with Crippen LogP contribution < -0.4 is 10.6 Å². The summed E-state index contributed by atoms with van der Waals surface area (Å²) in [4.78, 5) is 31.9. The molecule has 2 amide bonds. The highest BCUT2D eigenvalue weighted by atomic mass is 32.1. The van der Waals surface area contributed by atoms with Crippen molar-refractivity contribution in [1.82, 2.24) is 15.3 Å². The van der Waals surface area contributed by atoms with Gasteiger partial charge in [-0.05, 0) is 18.1 Å². The largest absolute Gasteiger partial charge is 0.344 e. The van der Waals surface area contributed by atoms with E-state index in [0.717, 1.165) is 11.3 Å². The van der Waals surface area contributed by atoms with Crippen molar-refractivity contribution in [2.24, 2.45) is 5.92 Å². The number of pyridine rings is 1. The molecule has 0 aliphatic heterocycles. The monoisotopic (exact) mass is 318 g/mol. The number of anilines is 1. The van der Waals surface area contributed by atoms with Crippen LogP contribution in [0.4, 0.5) is 5.13 Å². The lowest BCUT2D eigenvalue weighted by molar-refractivity contribution is -0.126. The van der Waals surface area contributed by atoms with Crippen molar-refractivity contribution in [2.45, 2.75) is 26.8 Å². The van der Waals surface area contributed by atoms with E-state index < -0.39 is 6.04 Å². The Labute approximate surface area is 133 Å². The number of nitrogens with one attached hydrogen (secondary N) is 2. The number of thiazole rings is 1. The first-order valence-electron chi connectivity index (χ1n) is 6.91. The Morgan fingerprint density at radius 2 is 2.09 bits per heavy atom. The lowest BCUT2D eigenvalue weighted by Crippen LogP contribution is -2.46. The van der Waals surface area contributed by atoms with Crippen LogP contribution >= 0.6 is 11.3 Å². The van der Waals surface area contributed by atoms with Gasteiger partial charge in [0.15, 0.2) is 5.13 Å². The molecule has 2 rings (SSSR count). The van der Waals surface area contributed by atoms with Crippen LogP contribution in [0.2, 0.25) is 0 Å². The minimum Gasteiger partial charge on any atom is -0.344 e. The van der Waals surface area contributed by atoms with E-state index in [2.05, 4.69) is 20.6 Å². The highest BCUT2D eigenvalue weighted by Crippen LogP contribution is 2.24. The van der Waals surface area contributed by atoms with Crippen molar-refractivity contribution in [2.75, 3.05) is 5.32 Å². The van der Waals surface area contributed by atoms with Crippen molar-refractivity contribution in [3.8, 4) is 11.3 Å². The topological polar surface area (TPSA) is 84.0 Å². The lowest BCUT2D eigenvalue weighted by atomic mass is 10.0. The average molecular weight is 318 g/mol. The number of carbonyl (C=O) groups is 2. The summed E-state index contributed by atoms with van der Waals surface area (Å²) in [6.45, 7) is 5.15. The van der Waals surface area contributed by atoms with E-state index in [1.807, 2.05) is 31.4 Å². The lowest BCUT2D eigenvalue weighted by Gasteiger charge is -2.20. The van der Waals surface area contributed by atoms with Gasteiger partial charge in [-0.3, -0.25) is 14.6 Å². The Kier molecular flexibility index (Phi) is 5.21. The summed E-state index contributed by atoms with van der Waals surface area (Å²) in [7, 11) is 0. The Bertz CT molecular complexity index is 655. The molecule has 0 aliphatic rings. The first-order valence-corrected chi connectivity index (χ1v) is 7.79. The van der Waals surface area contributed by atoms with Crippen molar-refractivity contribution in [1.29, 1.82) is 0 Å². The second-order valence-corrected chi connectivity index (χ2v) is 6.05. The van der Waals surface area contributed by atoms with Crippen molar-refractivity contribution in [3.63, 3.8) is 0 Å². The van der Waals surface area contributed by atoms with Crippen molar-refractivity contribution >= 4 is 28.3 Å². The first kappa shape index (κ1) is 16.1. The third-order valence-corrected chi connectivity index (χ3v) is 3.76. The van der Waals surface area contributed by atoms with E-state index in [9.17, 15) is 9.59 Å². The second kappa shape index (κ2) is 7.13. The molecule has 7 heteroatoms. The maximum Gasteiger partial charge on any atom is 0.248 e. The molecule has 0 aliphatic carbocycles. The summed E-state index contributed by atoms with van der Waals surface area (Å²) >= 11 is 1.34. The van der Waals surface area contributed by atoms with Crippen LogP contribution in [0.5, 0.6) is 0 Å². The van der Waals surface area contributed by atoms with E-state index >= 15 is 0 Å². The zero-order chi connectivity index (χ0) is 16.1. The molecule has 0 saturated heterocycles. The Balaban J connectivity index is 2.09. The zero-order valence-corrected chi connectivity index (χ0v) is 13.5. The minimum absolute atomic E-state index is 0.0124.